The van der Waals surface area contributed by atoms with E-state index in [4.69, 9.17) is 9.47 Å². The van der Waals surface area contributed by atoms with Crippen molar-refractivity contribution in [2.45, 2.75) is 13.8 Å². The fourth-order valence-electron chi connectivity index (χ4n) is 2.37. The molecule has 0 aliphatic carbocycles. The predicted octanol–water partition coefficient (Wildman–Crippen LogP) is 2.98. The van der Waals surface area contributed by atoms with Crippen LogP contribution in [0.25, 0.3) is 0 Å². The molecule has 0 saturated carbocycles. The molecule has 0 unspecified atom stereocenters. The highest BCUT2D eigenvalue weighted by Crippen LogP contribution is 2.16. The van der Waals surface area contributed by atoms with Gasteiger partial charge in [0.25, 0.3) is 0 Å². The van der Waals surface area contributed by atoms with E-state index in [1.807, 2.05) is 0 Å². The maximum Gasteiger partial charge on any atom is 0.248 e. The highest BCUT2D eigenvalue weighted by Gasteiger charge is 2.07. The summed E-state index contributed by atoms with van der Waals surface area (Å²) in [5.74, 6) is 0.571. The largest absolute Gasteiger partial charge is 0.497 e. The zero-order valence-corrected chi connectivity index (χ0v) is 16.7. The lowest BCUT2D eigenvalue weighted by Gasteiger charge is -2.09. The number of carbonyl (C=O) groups excluding carboxylic acids is 3. The van der Waals surface area contributed by atoms with Crippen molar-refractivity contribution in [1.29, 1.82) is 0 Å². The number of methoxy groups -OCH3 is 1. The molecule has 0 fully saturated rings. The van der Waals surface area contributed by atoms with Crippen molar-refractivity contribution in [3.05, 3.63) is 65.7 Å². The van der Waals surface area contributed by atoms with Crippen LogP contribution in [0.1, 0.15) is 24.2 Å². The van der Waals surface area contributed by atoms with Crippen molar-refractivity contribution >= 4 is 23.3 Å². The average Bonchev–Trinajstić information content (AvgIpc) is 2.71. The minimum Gasteiger partial charge on any atom is -0.497 e. The van der Waals surface area contributed by atoms with Crippen molar-refractivity contribution < 1.29 is 23.9 Å². The first-order chi connectivity index (χ1) is 13.9. The van der Waals surface area contributed by atoms with Crippen molar-refractivity contribution in [3.63, 3.8) is 0 Å². The molecule has 0 saturated heterocycles. The Kier molecular flexibility index (Phi) is 7.97. The summed E-state index contributed by atoms with van der Waals surface area (Å²) in [6.45, 7) is 3.61. The molecule has 2 amide bonds. The van der Waals surface area contributed by atoms with Crippen LogP contribution in [0, 0.1) is 0 Å². The Morgan fingerprint density at radius 1 is 0.931 bits per heavy atom. The summed E-state index contributed by atoms with van der Waals surface area (Å²) in [5.41, 5.74) is 1.37. The van der Waals surface area contributed by atoms with E-state index in [1.54, 1.807) is 62.6 Å². The molecular weight excluding hydrogens is 372 g/mol. The van der Waals surface area contributed by atoms with E-state index in [0.29, 0.717) is 30.2 Å². The van der Waals surface area contributed by atoms with E-state index in [9.17, 15) is 14.4 Å². The first kappa shape index (κ1) is 21.7. The van der Waals surface area contributed by atoms with Gasteiger partial charge in [0.15, 0.2) is 5.78 Å². The molecule has 0 atom stereocenters. The molecule has 0 bridgehead atoms. The molecule has 0 aromatic heterocycles. The third-order valence-electron chi connectivity index (χ3n) is 3.98. The molecule has 0 aliphatic heterocycles. The number of Topliss-reactive ketones (excluding diaryl/α,β-unsaturated/α-hetero) is 1. The van der Waals surface area contributed by atoms with Crippen LogP contribution in [0.15, 0.2) is 60.2 Å². The van der Waals surface area contributed by atoms with Crippen LogP contribution in [0.2, 0.25) is 0 Å². The van der Waals surface area contributed by atoms with Gasteiger partial charge in [-0.15, -0.1) is 0 Å². The van der Waals surface area contributed by atoms with Gasteiger partial charge >= 0.3 is 0 Å². The third kappa shape index (κ3) is 7.14. The molecule has 2 aromatic carbocycles. The van der Waals surface area contributed by atoms with Crippen molar-refractivity contribution in [1.82, 2.24) is 5.32 Å². The standard InChI is InChI=1S/C22H24N2O5/c1-15(14-21(26)24-18-6-4-17(5-7-18)16(2)25)22(27)23-12-13-29-20-10-8-19(28-3)9-11-20/h4-11,14H,12-13H2,1-3H3,(H,23,27)(H,24,26)/b15-14-. The van der Waals surface area contributed by atoms with Gasteiger partial charge in [0.05, 0.1) is 13.7 Å². The van der Waals surface area contributed by atoms with Gasteiger partial charge in [-0.3, -0.25) is 14.4 Å². The molecule has 0 aliphatic rings. The highest BCUT2D eigenvalue weighted by atomic mass is 16.5. The fraction of sp³-hybridized carbons (Fsp3) is 0.227. The molecule has 2 aromatic rings. The van der Waals surface area contributed by atoms with Crippen molar-refractivity contribution in [3.8, 4) is 11.5 Å². The molecular formula is C22H24N2O5. The Morgan fingerprint density at radius 3 is 2.14 bits per heavy atom. The average molecular weight is 396 g/mol. The summed E-state index contributed by atoms with van der Waals surface area (Å²) < 4.78 is 10.6. The zero-order valence-electron chi connectivity index (χ0n) is 16.7. The van der Waals surface area contributed by atoms with Crippen molar-refractivity contribution in [2.24, 2.45) is 0 Å². The van der Waals surface area contributed by atoms with E-state index in [0.717, 1.165) is 5.75 Å². The Balaban J connectivity index is 1.76. The number of amides is 2. The Morgan fingerprint density at radius 2 is 1.55 bits per heavy atom. The summed E-state index contributed by atoms with van der Waals surface area (Å²) in [7, 11) is 1.59. The lowest BCUT2D eigenvalue weighted by Crippen LogP contribution is -2.29. The second-order valence-corrected chi connectivity index (χ2v) is 6.23. The Hall–Kier alpha value is -3.61. The van der Waals surface area contributed by atoms with E-state index >= 15 is 0 Å². The topological polar surface area (TPSA) is 93.7 Å². The maximum absolute atomic E-state index is 12.1. The number of benzene rings is 2. The summed E-state index contributed by atoms with van der Waals surface area (Å²) in [5, 5.41) is 5.34. The SMILES string of the molecule is COc1ccc(OCCNC(=O)/C(C)=C\C(=O)Nc2ccc(C(C)=O)cc2)cc1. The summed E-state index contributed by atoms with van der Waals surface area (Å²) in [4.78, 5) is 35.4. The minimum atomic E-state index is -0.428. The lowest BCUT2D eigenvalue weighted by atomic mass is 10.1. The molecule has 29 heavy (non-hydrogen) atoms. The van der Waals surface area contributed by atoms with Gasteiger partial charge in [-0.25, -0.2) is 0 Å². The second kappa shape index (κ2) is 10.7. The number of nitrogens with one attached hydrogen (secondary N) is 2. The van der Waals surface area contributed by atoms with E-state index in [2.05, 4.69) is 10.6 Å². The summed E-state index contributed by atoms with van der Waals surface area (Å²) in [6, 6.07) is 13.6. The van der Waals surface area contributed by atoms with Gasteiger partial charge in [-0.05, 0) is 62.4 Å². The third-order valence-corrected chi connectivity index (χ3v) is 3.98. The molecule has 0 spiro atoms. The van der Waals surface area contributed by atoms with Crippen LogP contribution in [-0.4, -0.2) is 37.9 Å². The number of carbonyl (C=O) groups is 3. The van der Waals surface area contributed by atoms with Gasteiger partial charge in [0, 0.05) is 22.9 Å². The van der Waals surface area contributed by atoms with E-state index < -0.39 is 5.91 Å². The second-order valence-electron chi connectivity index (χ2n) is 6.23. The van der Waals surface area contributed by atoms with Gasteiger partial charge in [0.2, 0.25) is 11.8 Å². The van der Waals surface area contributed by atoms with Gasteiger partial charge in [-0.1, -0.05) is 0 Å². The highest BCUT2D eigenvalue weighted by molar-refractivity contribution is 6.06. The number of ketones is 1. The molecule has 2 rings (SSSR count). The molecule has 0 radical (unpaired) electrons. The van der Waals surface area contributed by atoms with Crippen LogP contribution in [0.4, 0.5) is 5.69 Å². The Labute approximate surface area is 169 Å². The number of hydrogen-bond donors (Lipinski definition) is 2. The van der Waals surface area contributed by atoms with Crippen LogP contribution >= 0.6 is 0 Å². The first-order valence-corrected chi connectivity index (χ1v) is 9.04. The molecule has 152 valence electrons. The summed E-state index contributed by atoms with van der Waals surface area (Å²) >= 11 is 0. The smallest absolute Gasteiger partial charge is 0.248 e. The maximum atomic E-state index is 12.1. The zero-order chi connectivity index (χ0) is 21.2. The number of rotatable bonds is 9. The normalized spacial score (nSPS) is 10.8. The number of hydrogen-bond acceptors (Lipinski definition) is 5. The molecule has 0 heterocycles. The monoisotopic (exact) mass is 396 g/mol. The van der Waals surface area contributed by atoms with Crippen molar-refractivity contribution in [2.75, 3.05) is 25.6 Å². The summed E-state index contributed by atoms with van der Waals surface area (Å²) in [6.07, 6.45) is 1.22. The van der Waals surface area contributed by atoms with Gasteiger partial charge in [-0.2, -0.15) is 0 Å². The minimum absolute atomic E-state index is 0.0498. The number of anilines is 1. The van der Waals surface area contributed by atoms with E-state index in [-0.39, 0.29) is 17.3 Å². The first-order valence-electron chi connectivity index (χ1n) is 9.04. The molecule has 7 heteroatoms. The van der Waals surface area contributed by atoms with Gasteiger partial charge in [0.1, 0.15) is 18.1 Å². The van der Waals surface area contributed by atoms with Crippen LogP contribution in [0.5, 0.6) is 11.5 Å². The van der Waals surface area contributed by atoms with Crippen LogP contribution in [-0.2, 0) is 9.59 Å². The van der Waals surface area contributed by atoms with E-state index in [1.165, 1.54) is 13.0 Å². The quantitative estimate of drug-likeness (QED) is 0.386. The molecule has 2 N–H and O–H groups in total. The van der Waals surface area contributed by atoms with Crippen LogP contribution < -0.4 is 20.1 Å². The Bertz CT molecular complexity index is 886. The fourth-order valence-corrected chi connectivity index (χ4v) is 2.37. The number of ether oxygens (including phenoxy) is 2. The predicted molar refractivity (Wildman–Crippen MR) is 110 cm³/mol. The van der Waals surface area contributed by atoms with Crippen LogP contribution in [0.3, 0.4) is 0 Å². The lowest BCUT2D eigenvalue weighted by molar-refractivity contribution is -0.118. The molecule has 7 nitrogen and oxygen atoms in total. The van der Waals surface area contributed by atoms with Gasteiger partial charge < -0.3 is 20.1 Å².